The Morgan fingerprint density at radius 1 is 1.58 bits per heavy atom. The predicted molar refractivity (Wildman–Crippen MR) is 64.2 cm³/mol. The van der Waals surface area contributed by atoms with E-state index >= 15 is 0 Å². The molecule has 0 spiro atoms. The molecule has 0 aromatic carbocycles. The first-order chi connectivity index (χ1) is 9.11. The van der Waals surface area contributed by atoms with Crippen molar-refractivity contribution in [3.8, 4) is 6.07 Å². The lowest BCUT2D eigenvalue weighted by molar-refractivity contribution is -0.384. The second kappa shape index (κ2) is 5.14. The molecule has 19 heavy (non-hydrogen) atoms. The minimum absolute atomic E-state index is 0.0138. The van der Waals surface area contributed by atoms with Crippen LogP contribution in [0.25, 0.3) is 0 Å². The fraction of sp³-hybridized carbons (Fsp3) is 0.182. The molecule has 0 saturated carbocycles. The number of aromatic nitrogens is 2. The molecule has 0 aliphatic rings. The number of rotatable bonds is 4. The summed E-state index contributed by atoms with van der Waals surface area (Å²) in [7, 11) is 0. The smallest absolute Gasteiger partial charge is 0.328 e. The molecule has 2 heterocycles. The topological polar surface area (TPSA) is 118 Å². The number of oxazole rings is 1. The van der Waals surface area contributed by atoms with Crippen molar-refractivity contribution in [3.63, 3.8) is 0 Å². The van der Waals surface area contributed by atoms with Crippen LogP contribution in [0, 0.1) is 28.4 Å². The summed E-state index contributed by atoms with van der Waals surface area (Å²) in [5, 5.41) is 22.5. The van der Waals surface area contributed by atoms with Crippen LogP contribution < -0.4 is 5.32 Å². The Morgan fingerprint density at radius 3 is 2.95 bits per heavy atom. The molecule has 1 N–H and O–H groups in total. The average Bonchev–Trinajstić information content (AvgIpc) is 2.81. The van der Waals surface area contributed by atoms with Crippen LogP contribution in [-0.4, -0.2) is 14.9 Å². The first kappa shape index (κ1) is 12.5. The molecule has 96 valence electrons. The number of anilines is 1. The van der Waals surface area contributed by atoms with Gasteiger partial charge in [-0.3, -0.25) is 10.1 Å². The number of nitriles is 1. The Balaban J connectivity index is 2.25. The molecule has 0 atom stereocenters. The summed E-state index contributed by atoms with van der Waals surface area (Å²) in [5.41, 5.74) is -0.403. The van der Waals surface area contributed by atoms with E-state index in [1.165, 1.54) is 12.3 Å². The van der Waals surface area contributed by atoms with Gasteiger partial charge < -0.3 is 9.73 Å². The summed E-state index contributed by atoms with van der Waals surface area (Å²) in [4.78, 5) is 18.1. The fourth-order valence-electron chi connectivity index (χ4n) is 1.50. The van der Waals surface area contributed by atoms with Gasteiger partial charge in [-0.05, 0) is 13.0 Å². The molecule has 2 aromatic heterocycles. The maximum atomic E-state index is 11.0. The summed E-state index contributed by atoms with van der Waals surface area (Å²) in [6, 6.07) is 3.05. The zero-order chi connectivity index (χ0) is 13.8. The number of hydrogen-bond donors (Lipinski definition) is 1. The zero-order valence-electron chi connectivity index (χ0n) is 9.95. The van der Waals surface area contributed by atoms with E-state index in [4.69, 9.17) is 9.68 Å². The SMILES string of the molecule is Cc1cnc(CNc2nccc(C#N)c2[N+](=O)[O-])o1. The summed E-state index contributed by atoms with van der Waals surface area (Å²) in [6.45, 7) is 1.89. The summed E-state index contributed by atoms with van der Waals surface area (Å²) in [6.07, 6.45) is 2.87. The molecule has 0 amide bonds. The van der Waals surface area contributed by atoms with Crippen LogP contribution in [0.4, 0.5) is 11.5 Å². The Labute approximate surface area is 107 Å². The van der Waals surface area contributed by atoms with Crippen LogP contribution in [0.15, 0.2) is 22.9 Å². The number of aryl methyl sites for hydroxylation is 1. The van der Waals surface area contributed by atoms with Crippen LogP contribution >= 0.6 is 0 Å². The molecular weight excluding hydrogens is 250 g/mol. The van der Waals surface area contributed by atoms with E-state index in [0.29, 0.717) is 11.7 Å². The third kappa shape index (κ3) is 2.66. The zero-order valence-corrected chi connectivity index (χ0v) is 9.95. The normalized spacial score (nSPS) is 9.89. The van der Waals surface area contributed by atoms with Crippen molar-refractivity contribution in [2.24, 2.45) is 0 Å². The standard InChI is InChI=1S/C11H9N5O3/c1-7-5-14-9(19-7)6-15-11-10(16(17)18)8(4-12)2-3-13-11/h2-3,5H,6H2,1H3,(H,13,15). The maximum Gasteiger partial charge on any atom is 0.328 e. The Bertz CT molecular complexity index is 659. The van der Waals surface area contributed by atoms with Crippen molar-refractivity contribution in [1.82, 2.24) is 9.97 Å². The highest BCUT2D eigenvalue weighted by Gasteiger charge is 2.21. The number of pyridine rings is 1. The number of nitro groups is 1. The van der Waals surface area contributed by atoms with E-state index < -0.39 is 4.92 Å². The largest absolute Gasteiger partial charge is 0.444 e. The van der Waals surface area contributed by atoms with E-state index in [1.54, 1.807) is 19.2 Å². The first-order valence-electron chi connectivity index (χ1n) is 5.30. The molecule has 0 aliphatic carbocycles. The van der Waals surface area contributed by atoms with Crippen LogP contribution in [0.2, 0.25) is 0 Å². The monoisotopic (exact) mass is 259 g/mol. The molecule has 0 aliphatic heterocycles. The first-order valence-corrected chi connectivity index (χ1v) is 5.30. The quantitative estimate of drug-likeness (QED) is 0.656. The van der Waals surface area contributed by atoms with Crippen LogP contribution in [0.3, 0.4) is 0 Å². The molecular formula is C11H9N5O3. The van der Waals surface area contributed by atoms with Crippen molar-refractivity contribution in [3.05, 3.63) is 45.8 Å². The van der Waals surface area contributed by atoms with Crippen LogP contribution in [0.5, 0.6) is 0 Å². The maximum absolute atomic E-state index is 11.0. The van der Waals surface area contributed by atoms with Gasteiger partial charge in [0.05, 0.1) is 17.7 Å². The van der Waals surface area contributed by atoms with Crippen molar-refractivity contribution in [2.75, 3.05) is 5.32 Å². The van der Waals surface area contributed by atoms with Gasteiger partial charge >= 0.3 is 5.69 Å². The molecule has 0 fully saturated rings. The highest BCUT2D eigenvalue weighted by atomic mass is 16.6. The van der Waals surface area contributed by atoms with Crippen molar-refractivity contribution >= 4 is 11.5 Å². The fourth-order valence-corrected chi connectivity index (χ4v) is 1.50. The minimum Gasteiger partial charge on any atom is -0.444 e. The Morgan fingerprint density at radius 2 is 2.37 bits per heavy atom. The van der Waals surface area contributed by atoms with Gasteiger partial charge in [-0.2, -0.15) is 5.26 Å². The van der Waals surface area contributed by atoms with Crippen molar-refractivity contribution in [2.45, 2.75) is 13.5 Å². The van der Waals surface area contributed by atoms with Crippen LogP contribution in [-0.2, 0) is 6.54 Å². The summed E-state index contributed by atoms with van der Waals surface area (Å²) < 4.78 is 5.23. The van der Waals surface area contributed by atoms with Gasteiger partial charge in [0.2, 0.25) is 11.7 Å². The lowest BCUT2D eigenvalue weighted by Crippen LogP contribution is -2.06. The average molecular weight is 259 g/mol. The second-order valence-corrected chi connectivity index (χ2v) is 3.64. The van der Waals surface area contributed by atoms with Gasteiger partial charge in [0.15, 0.2) is 0 Å². The van der Waals surface area contributed by atoms with Gasteiger partial charge in [0.25, 0.3) is 0 Å². The number of hydrogen-bond acceptors (Lipinski definition) is 7. The van der Waals surface area contributed by atoms with E-state index in [-0.39, 0.29) is 23.6 Å². The molecule has 0 radical (unpaired) electrons. The highest BCUT2D eigenvalue weighted by Crippen LogP contribution is 2.25. The van der Waals surface area contributed by atoms with Gasteiger partial charge in [-0.25, -0.2) is 9.97 Å². The van der Waals surface area contributed by atoms with E-state index in [2.05, 4.69) is 15.3 Å². The molecule has 2 aromatic rings. The van der Waals surface area contributed by atoms with E-state index in [1.807, 2.05) is 0 Å². The lowest BCUT2D eigenvalue weighted by Gasteiger charge is -2.04. The molecule has 0 unspecified atom stereocenters. The highest BCUT2D eigenvalue weighted by molar-refractivity contribution is 5.63. The van der Waals surface area contributed by atoms with Gasteiger partial charge in [0.1, 0.15) is 17.4 Å². The van der Waals surface area contributed by atoms with E-state index in [0.717, 1.165) is 0 Å². The predicted octanol–water partition coefficient (Wildman–Crippen LogP) is 1.77. The van der Waals surface area contributed by atoms with Crippen molar-refractivity contribution < 1.29 is 9.34 Å². The Kier molecular flexibility index (Phi) is 3.38. The number of nitrogens with one attached hydrogen (secondary N) is 1. The second-order valence-electron chi connectivity index (χ2n) is 3.64. The third-order valence-electron chi connectivity index (χ3n) is 2.30. The molecule has 8 heteroatoms. The Hall–Kier alpha value is -2.95. The molecule has 2 rings (SSSR count). The van der Waals surface area contributed by atoms with Gasteiger partial charge in [-0.15, -0.1) is 0 Å². The summed E-state index contributed by atoms with van der Waals surface area (Å²) >= 11 is 0. The molecule has 0 bridgehead atoms. The molecule has 8 nitrogen and oxygen atoms in total. The summed E-state index contributed by atoms with van der Waals surface area (Å²) in [5.74, 6) is 1.04. The van der Waals surface area contributed by atoms with Gasteiger partial charge in [0, 0.05) is 6.20 Å². The van der Waals surface area contributed by atoms with Gasteiger partial charge in [-0.1, -0.05) is 0 Å². The van der Waals surface area contributed by atoms with Crippen molar-refractivity contribution in [1.29, 1.82) is 5.26 Å². The van der Waals surface area contributed by atoms with Crippen LogP contribution in [0.1, 0.15) is 17.2 Å². The minimum atomic E-state index is -0.644. The lowest BCUT2D eigenvalue weighted by atomic mass is 10.2. The van der Waals surface area contributed by atoms with E-state index in [9.17, 15) is 10.1 Å². The third-order valence-corrected chi connectivity index (χ3v) is 2.30. The molecule has 0 saturated heterocycles. The number of nitrogens with zero attached hydrogens (tertiary/aromatic N) is 4.